The number of nitrogens with two attached hydrogens (primary N) is 2. The molecule has 0 aliphatic carbocycles. The lowest BCUT2D eigenvalue weighted by atomic mass is 10.2. The van der Waals surface area contributed by atoms with Crippen molar-refractivity contribution in [1.82, 2.24) is 10.6 Å². The molecular formula is C11H21N5O3. The largest absolute Gasteiger partial charge is 0.393 e. The molecule has 0 amide bonds. The molecule has 0 radical (unpaired) electrons. The van der Waals surface area contributed by atoms with Gasteiger partial charge in [0.25, 0.3) is 0 Å². The van der Waals surface area contributed by atoms with Crippen LogP contribution in [0.1, 0.15) is 12.8 Å². The molecule has 1 aliphatic rings. The monoisotopic (exact) mass is 271 g/mol. The second kappa shape index (κ2) is 7.59. The first-order valence-corrected chi connectivity index (χ1v) is 5.95. The number of methoxy groups -OCH3 is 1. The van der Waals surface area contributed by atoms with Crippen molar-refractivity contribution in [2.75, 3.05) is 20.8 Å². The Labute approximate surface area is 112 Å². The molecule has 0 aromatic carbocycles. The molecule has 108 valence electrons. The van der Waals surface area contributed by atoms with E-state index in [1.54, 1.807) is 7.11 Å². The van der Waals surface area contributed by atoms with Crippen LogP contribution in [-0.4, -0.2) is 45.3 Å². The van der Waals surface area contributed by atoms with E-state index in [9.17, 15) is 4.79 Å². The molecule has 8 heteroatoms. The number of aliphatic imine (C=N–C) groups is 1. The normalized spacial score (nSPS) is 24.8. The van der Waals surface area contributed by atoms with Gasteiger partial charge in [-0.3, -0.25) is 9.79 Å². The van der Waals surface area contributed by atoms with Crippen LogP contribution in [0.4, 0.5) is 0 Å². The van der Waals surface area contributed by atoms with E-state index in [0.717, 1.165) is 12.8 Å². The van der Waals surface area contributed by atoms with Gasteiger partial charge in [0.05, 0.1) is 12.7 Å². The number of rotatable bonds is 6. The summed E-state index contributed by atoms with van der Waals surface area (Å²) in [7, 11) is 3.15. The summed E-state index contributed by atoms with van der Waals surface area (Å²) >= 11 is 0. The van der Waals surface area contributed by atoms with Crippen molar-refractivity contribution in [3.63, 3.8) is 0 Å². The number of carbonyl (C=O) groups is 1. The number of hydrogen-bond donors (Lipinski definition) is 4. The highest BCUT2D eigenvalue weighted by Crippen LogP contribution is 2.18. The zero-order valence-corrected chi connectivity index (χ0v) is 11.2. The van der Waals surface area contributed by atoms with Crippen molar-refractivity contribution < 1.29 is 14.3 Å². The first-order chi connectivity index (χ1) is 9.10. The lowest BCUT2D eigenvalue weighted by Crippen LogP contribution is -2.43. The van der Waals surface area contributed by atoms with E-state index in [0.29, 0.717) is 18.7 Å². The van der Waals surface area contributed by atoms with Crippen LogP contribution < -0.4 is 22.1 Å². The van der Waals surface area contributed by atoms with Crippen LogP contribution in [0.2, 0.25) is 0 Å². The van der Waals surface area contributed by atoms with Gasteiger partial charge in [0.2, 0.25) is 0 Å². The second-order valence-electron chi connectivity index (χ2n) is 4.11. The molecule has 8 nitrogen and oxygen atoms in total. The molecule has 2 unspecified atom stereocenters. The van der Waals surface area contributed by atoms with Gasteiger partial charge in [0, 0.05) is 14.2 Å². The molecule has 1 rings (SSSR count). The SMILES string of the molecule is CN=C(N)N/C(NC1CCC(COC)O1)=C(/N)C=O. The van der Waals surface area contributed by atoms with Gasteiger partial charge in [0.1, 0.15) is 17.7 Å². The highest BCUT2D eigenvalue weighted by molar-refractivity contribution is 5.81. The Morgan fingerprint density at radius 3 is 2.84 bits per heavy atom. The number of allylic oxidation sites excluding steroid dienone is 1. The fourth-order valence-electron chi connectivity index (χ4n) is 1.72. The summed E-state index contributed by atoms with van der Waals surface area (Å²) < 4.78 is 10.7. The number of hydrogen-bond acceptors (Lipinski definition) is 6. The van der Waals surface area contributed by atoms with Crippen LogP contribution >= 0.6 is 0 Å². The summed E-state index contributed by atoms with van der Waals surface area (Å²) in [5.74, 6) is 0.444. The molecule has 1 heterocycles. The third kappa shape index (κ3) is 4.76. The summed E-state index contributed by atoms with van der Waals surface area (Å²) in [5.41, 5.74) is 11.1. The fourth-order valence-corrected chi connectivity index (χ4v) is 1.72. The highest BCUT2D eigenvalue weighted by atomic mass is 16.5. The number of aldehydes is 1. The molecule has 0 spiro atoms. The van der Waals surface area contributed by atoms with Crippen LogP contribution in [-0.2, 0) is 14.3 Å². The molecule has 0 aromatic heterocycles. The average molecular weight is 271 g/mol. The highest BCUT2D eigenvalue weighted by Gasteiger charge is 2.26. The predicted molar refractivity (Wildman–Crippen MR) is 70.9 cm³/mol. The van der Waals surface area contributed by atoms with E-state index in [2.05, 4.69) is 15.6 Å². The Balaban J connectivity index is 2.62. The molecule has 1 fully saturated rings. The lowest BCUT2D eigenvalue weighted by molar-refractivity contribution is -0.105. The van der Waals surface area contributed by atoms with Crippen LogP contribution in [0.3, 0.4) is 0 Å². The number of ether oxygens (including phenoxy) is 2. The van der Waals surface area contributed by atoms with Gasteiger partial charge < -0.3 is 31.6 Å². The van der Waals surface area contributed by atoms with Gasteiger partial charge in [-0.25, -0.2) is 0 Å². The van der Waals surface area contributed by atoms with E-state index < -0.39 is 0 Å². The van der Waals surface area contributed by atoms with E-state index in [1.165, 1.54) is 7.05 Å². The lowest BCUT2D eigenvalue weighted by Gasteiger charge is -2.19. The third-order valence-corrected chi connectivity index (χ3v) is 2.68. The van der Waals surface area contributed by atoms with Crippen LogP contribution in [0.25, 0.3) is 0 Å². The molecule has 0 saturated carbocycles. The minimum Gasteiger partial charge on any atom is -0.393 e. The predicted octanol–water partition coefficient (Wildman–Crippen LogP) is -1.41. The molecule has 19 heavy (non-hydrogen) atoms. The van der Waals surface area contributed by atoms with E-state index in [-0.39, 0.29) is 24.0 Å². The van der Waals surface area contributed by atoms with Gasteiger partial charge in [0.15, 0.2) is 12.2 Å². The van der Waals surface area contributed by atoms with Crippen molar-refractivity contribution >= 4 is 12.2 Å². The zero-order chi connectivity index (χ0) is 14.3. The fraction of sp³-hybridized carbons (Fsp3) is 0.636. The maximum atomic E-state index is 10.8. The van der Waals surface area contributed by atoms with Crippen molar-refractivity contribution in [1.29, 1.82) is 0 Å². The molecule has 1 aliphatic heterocycles. The number of nitrogens with one attached hydrogen (secondary N) is 2. The first kappa shape index (κ1) is 15.3. The first-order valence-electron chi connectivity index (χ1n) is 5.95. The summed E-state index contributed by atoms with van der Waals surface area (Å²) in [5, 5.41) is 5.71. The Bertz CT molecular complexity index is 369. The maximum absolute atomic E-state index is 10.8. The Morgan fingerprint density at radius 1 is 1.53 bits per heavy atom. The summed E-state index contributed by atoms with van der Waals surface area (Å²) in [6, 6.07) is 0. The standard InChI is InChI=1S/C11H21N5O3/c1-14-11(13)16-10(8(12)5-17)15-9-4-3-7(19-9)6-18-2/h5,7,9,15H,3-4,6,12H2,1-2H3,(H3,13,14,16)/b10-8+. The van der Waals surface area contributed by atoms with E-state index in [4.69, 9.17) is 20.9 Å². The molecule has 0 aromatic rings. The minimum absolute atomic E-state index is 0.00499. The van der Waals surface area contributed by atoms with Gasteiger partial charge >= 0.3 is 0 Å². The molecule has 2 atom stereocenters. The van der Waals surface area contributed by atoms with E-state index >= 15 is 0 Å². The Kier molecular flexibility index (Phi) is 6.10. The van der Waals surface area contributed by atoms with Crippen molar-refractivity contribution in [2.45, 2.75) is 25.2 Å². The Morgan fingerprint density at radius 2 is 2.26 bits per heavy atom. The Hall–Kier alpha value is -1.80. The van der Waals surface area contributed by atoms with Gasteiger partial charge in [-0.2, -0.15) is 0 Å². The van der Waals surface area contributed by atoms with Gasteiger partial charge in [-0.1, -0.05) is 0 Å². The summed E-state index contributed by atoms with van der Waals surface area (Å²) in [6.45, 7) is 0.534. The molecular weight excluding hydrogens is 250 g/mol. The maximum Gasteiger partial charge on any atom is 0.194 e. The number of carbonyl (C=O) groups excluding carboxylic acids is 1. The summed E-state index contributed by atoms with van der Waals surface area (Å²) in [4.78, 5) is 14.5. The van der Waals surface area contributed by atoms with Crippen molar-refractivity contribution in [3.8, 4) is 0 Å². The average Bonchev–Trinajstić information content (AvgIpc) is 2.84. The second-order valence-corrected chi connectivity index (χ2v) is 4.11. The van der Waals surface area contributed by atoms with Gasteiger partial charge in [-0.05, 0) is 12.8 Å². The van der Waals surface area contributed by atoms with Crippen LogP contribution in [0.5, 0.6) is 0 Å². The van der Waals surface area contributed by atoms with E-state index in [1.807, 2.05) is 0 Å². The quantitative estimate of drug-likeness (QED) is 0.202. The zero-order valence-electron chi connectivity index (χ0n) is 11.2. The number of guanidine groups is 1. The van der Waals surface area contributed by atoms with Crippen LogP contribution in [0, 0.1) is 0 Å². The smallest absolute Gasteiger partial charge is 0.194 e. The van der Waals surface area contributed by atoms with Crippen molar-refractivity contribution in [2.24, 2.45) is 16.5 Å². The third-order valence-electron chi connectivity index (χ3n) is 2.68. The number of nitrogens with zero attached hydrogens (tertiary/aromatic N) is 1. The minimum atomic E-state index is -0.245. The molecule has 6 N–H and O–H groups in total. The topological polar surface area (TPSA) is 124 Å². The van der Waals surface area contributed by atoms with Crippen molar-refractivity contribution in [3.05, 3.63) is 11.5 Å². The van der Waals surface area contributed by atoms with Gasteiger partial charge in [-0.15, -0.1) is 0 Å². The molecule has 1 saturated heterocycles. The summed E-state index contributed by atoms with van der Waals surface area (Å²) in [6.07, 6.45) is 1.98. The molecule has 0 bridgehead atoms. The van der Waals surface area contributed by atoms with Crippen LogP contribution in [0.15, 0.2) is 16.5 Å².